The summed E-state index contributed by atoms with van der Waals surface area (Å²) < 4.78 is 5.44. The molecular weight excluding hydrogens is 380 g/mol. The highest BCUT2D eigenvalue weighted by molar-refractivity contribution is 7.98. The molecule has 2 aromatic carbocycles. The van der Waals surface area contributed by atoms with Crippen LogP contribution < -0.4 is 10.2 Å². The van der Waals surface area contributed by atoms with Gasteiger partial charge >= 0.3 is 0 Å². The number of thioether (sulfide) groups is 1. The molecule has 1 unspecified atom stereocenters. The maximum Gasteiger partial charge on any atom is 0.146 e. The van der Waals surface area contributed by atoms with Crippen LogP contribution >= 0.6 is 11.8 Å². The van der Waals surface area contributed by atoms with E-state index in [0.29, 0.717) is 0 Å². The smallest absolute Gasteiger partial charge is 0.146 e. The molecule has 2 heterocycles. The van der Waals surface area contributed by atoms with Crippen molar-refractivity contribution in [2.45, 2.75) is 23.7 Å². The maximum atomic E-state index is 5.44. The third kappa shape index (κ3) is 5.49. The maximum absolute atomic E-state index is 5.44. The number of morpholine rings is 1. The zero-order valence-corrected chi connectivity index (χ0v) is 17.4. The highest BCUT2D eigenvalue weighted by Crippen LogP contribution is 2.24. The Kier molecular flexibility index (Phi) is 6.64. The monoisotopic (exact) mass is 406 g/mol. The number of hydrogen-bond acceptors (Lipinski definition) is 6. The van der Waals surface area contributed by atoms with E-state index in [2.05, 4.69) is 70.7 Å². The first-order valence-electron chi connectivity index (χ1n) is 9.96. The second-order valence-corrected chi connectivity index (χ2v) is 8.07. The van der Waals surface area contributed by atoms with Crippen LogP contribution in [-0.2, 0) is 10.5 Å². The van der Waals surface area contributed by atoms with Crippen LogP contribution in [0.5, 0.6) is 0 Å². The van der Waals surface area contributed by atoms with E-state index in [1.54, 1.807) is 18.0 Å². The number of nitrogens with zero attached hydrogens (tertiary/aromatic N) is 3. The van der Waals surface area contributed by atoms with Crippen molar-refractivity contribution in [3.05, 3.63) is 78.1 Å². The van der Waals surface area contributed by atoms with E-state index in [-0.39, 0.29) is 6.04 Å². The summed E-state index contributed by atoms with van der Waals surface area (Å²) in [6, 6.07) is 19.3. The second-order valence-electron chi connectivity index (χ2n) is 7.07. The van der Waals surface area contributed by atoms with Crippen molar-refractivity contribution in [1.29, 1.82) is 0 Å². The fourth-order valence-corrected chi connectivity index (χ4v) is 4.12. The summed E-state index contributed by atoms with van der Waals surface area (Å²) in [7, 11) is 0. The van der Waals surface area contributed by atoms with Crippen LogP contribution in [0.4, 0.5) is 11.5 Å². The topological polar surface area (TPSA) is 50.3 Å². The van der Waals surface area contributed by atoms with Crippen LogP contribution in [0.25, 0.3) is 0 Å². The minimum Gasteiger partial charge on any atom is -0.378 e. The molecule has 6 heteroatoms. The molecule has 5 nitrogen and oxygen atoms in total. The average Bonchev–Trinajstić information content (AvgIpc) is 2.79. The summed E-state index contributed by atoms with van der Waals surface area (Å²) in [5.41, 5.74) is 3.76. The number of rotatable bonds is 7. The Morgan fingerprint density at radius 3 is 2.55 bits per heavy atom. The lowest BCUT2D eigenvalue weighted by Crippen LogP contribution is -2.36. The van der Waals surface area contributed by atoms with Gasteiger partial charge in [-0.05, 0) is 30.2 Å². The van der Waals surface area contributed by atoms with E-state index in [1.807, 2.05) is 12.3 Å². The zero-order chi connectivity index (χ0) is 19.9. The van der Waals surface area contributed by atoms with Gasteiger partial charge in [0.2, 0.25) is 0 Å². The van der Waals surface area contributed by atoms with Crippen LogP contribution in [0.3, 0.4) is 0 Å². The average molecular weight is 407 g/mol. The molecule has 29 heavy (non-hydrogen) atoms. The predicted molar refractivity (Wildman–Crippen MR) is 120 cm³/mol. The fraction of sp³-hybridized carbons (Fsp3) is 0.304. The molecule has 3 aromatic rings. The summed E-state index contributed by atoms with van der Waals surface area (Å²) in [5, 5.41) is 4.40. The van der Waals surface area contributed by atoms with Crippen LogP contribution in [0, 0.1) is 0 Å². The number of hydrogen-bond donors (Lipinski definition) is 1. The quantitative estimate of drug-likeness (QED) is 0.570. The molecule has 0 spiro atoms. The van der Waals surface area contributed by atoms with E-state index in [0.717, 1.165) is 42.9 Å². The van der Waals surface area contributed by atoms with Crippen molar-refractivity contribution in [2.75, 3.05) is 36.5 Å². The van der Waals surface area contributed by atoms with Gasteiger partial charge in [0.25, 0.3) is 0 Å². The first-order valence-corrected chi connectivity index (χ1v) is 10.9. The van der Waals surface area contributed by atoms with Crippen LogP contribution in [0.1, 0.15) is 24.1 Å². The summed E-state index contributed by atoms with van der Waals surface area (Å²) in [5.74, 6) is 1.69. The second kappa shape index (κ2) is 9.76. The van der Waals surface area contributed by atoms with Crippen molar-refractivity contribution in [3.63, 3.8) is 0 Å². The number of nitrogens with one attached hydrogen (secondary N) is 1. The molecule has 4 rings (SSSR count). The van der Waals surface area contributed by atoms with Gasteiger partial charge < -0.3 is 15.0 Å². The molecule has 150 valence electrons. The van der Waals surface area contributed by atoms with Crippen LogP contribution in [0.2, 0.25) is 0 Å². The Morgan fingerprint density at radius 1 is 1.03 bits per heavy atom. The molecule has 0 saturated carbocycles. The molecule has 1 aliphatic heterocycles. The van der Waals surface area contributed by atoms with Gasteiger partial charge in [0.05, 0.1) is 25.6 Å². The van der Waals surface area contributed by atoms with Gasteiger partial charge in [-0.25, -0.2) is 4.98 Å². The van der Waals surface area contributed by atoms with E-state index >= 15 is 0 Å². The highest BCUT2D eigenvalue weighted by atomic mass is 32.2. The van der Waals surface area contributed by atoms with Crippen molar-refractivity contribution >= 4 is 23.3 Å². The van der Waals surface area contributed by atoms with Crippen molar-refractivity contribution < 1.29 is 4.74 Å². The van der Waals surface area contributed by atoms with Gasteiger partial charge in [0, 0.05) is 30.6 Å². The molecule has 1 aliphatic rings. The molecule has 1 aromatic heterocycles. The fourth-order valence-electron chi connectivity index (χ4n) is 3.32. The third-order valence-electron chi connectivity index (χ3n) is 4.98. The van der Waals surface area contributed by atoms with Crippen molar-refractivity contribution in [2.24, 2.45) is 0 Å². The minimum absolute atomic E-state index is 0.150. The molecule has 0 aliphatic carbocycles. The normalized spacial score (nSPS) is 15.1. The van der Waals surface area contributed by atoms with Crippen molar-refractivity contribution in [1.82, 2.24) is 9.97 Å². The Bertz CT molecular complexity index is 898. The Morgan fingerprint density at radius 2 is 1.79 bits per heavy atom. The lowest BCUT2D eigenvalue weighted by Gasteiger charge is -2.29. The van der Waals surface area contributed by atoms with Gasteiger partial charge in [0.1, 0.15) is 10.8 Å². The van der Waals surface area contributed by atoms with E-state index in [1.165, 1.54) is 16.8 Å². The van der Waals surface area contributed by atoms with Gasteiger partial charge in [0.15, 0.2) is 0 Å². The number of aromatic nitrogens is 2. The third-order valence-corrected chi connectivity index (χ3v) is 5.95. The first-order chi connectivity index (χ1) is 14.3. The molecule has 1 saturated heterocycles. The SMILES string of the molecule is CC(Nc1cncc(SCc2ccccc2)n1)c1ccc(N2CCOCC2)cc1. The Labute approximate surface area is 176 Å². The number of ether oxygens (including phenoxy) is 1. The van der Waals surface area contributed by atoms with E-state index < -0.39 is 0 Å². The Hall–Kier alpha value is -2.57. The molecule has 1 atom stereocenters. The molecular formula is C23H26N4OS. The lowest BCUT2D eigenvalue weighted by molar-refractivity contribution is 0.122. The minimum atomic E-state index is 0.150. The summed E-state index contributed by atoms with van der Waals surface area (Å²) >= 11 is 1.70. The highest BCUT2D eigenvalue weighted by Gasteiger charge is 2.12. The first kappa shape index (κ1) is 19.7. The van der Waals surface area contributed by atoms with Crippen LogP contribution in [0.15, 0.2) is 72.0 Å². The summed E-state index contributed by atoms with van der Waals surface area (Å²) in [6.07, 6.45) is 3.60. The van der Waals surface area contributed by atoms with Gasteiger partial charge in [-0.1, -0.05) is 42.5 Å². The standard InChI is InChI=1S/C23H26N4OS/c1-18(20-7-9-21(10-8-20)27-11-13-28-14-12-27)25-22-15-24-16-23(26-22)29-17-19-5-3-2-4-6-19/h2-10,15-16,18H,11-14,17H2,1H3,(H,25,26). The van der Waals surface area contributed by atoms with E-state index in [9.17, 15) is 0 Å². The predicted octanol–water partition coefficient (Wildman–Crippen LogP) is 4.78. The van der Waals surface area contributed by atoms with E-state index in [4.69, 9.17) is 9.72 Å². The van der Waals surface area contributed by atoms with Gasteiger partial charge in [-0.2, -0.15) is 0 Å². The number of anilines is 2. The summed E-state index contributed by atoms with van der Waals surface area (Å²) in [6.45, 7) is 5.66. The van der Waals surface area contributed by atoms with Crippen molar-refractivity contribution in [3.8, 4) is 0 Å². The molecule has 0 bridgehead atoms. The van der Waals surface area contributed by atoms with Crippen LogP contribution in [-0.4, -0.2) is 36.3 Å². The molecule has 1 N–H and O–H groups in total. The lowest BCUT2D eigenvalue weighted by atomic mass is 10.1. The summed E-state index contributed by atoms with van der Waals surface area (Å²) in [4.78, 5) is 11.4. The molecule has 0 radical (unpaired) electrons. The van der Waals surface area contributed by atoms with Gasteiger partial charge in [-0.3, -0.25) is 4.98 Å². The van der Waals surface area contributed by atoms with Gasteiger partial charge in [-0.15, -0.1) is 11.8 Å². The zero-order valence-electron chi connectivity index (χ0n) is 16.6. The largest absolute Gasteiger partial charge is 0.378 e. The number of benzene rings is 2. The molecule has 1 fully saturated rings. The Balaban J connectivity index is 1.35. The molecule has 0 amide bonds.